The maximum absolute atomic E-state index is 11.8. The molecule has 0 bridgehead atoms. The predicted molar refractivity (Wildman–Crippen MR) is 65.1 cm³/mol. The van der Waals surface area contributed by atoms with Gasteiger partial charge in [0.1, 0.15) is 0 Å². The number of hydrogen-bond acceptors (Lipinski definition) is 3. The van der Waals surface area contributed by atoms with Gasteiger partial charge in [-0.25, -0.2) is 13.1 Å². The van der Waals surface area contributed by atoms with Crippen LogP contribution in [-0.2, 0) is 14.8 Å². The smallest absolute Gasteiger partial charge is 0.240 e. The van der Waals surface area contributed by atoms with Gasteiger partial charge in [-0.2, -0.15) is 0 Å². The van der Waals surface area contributed by atoms with E-state index in [1.807, 2.05) is 6.92 Å². The monoisotopic (exact) mass is 256 g/mol. The van der Waals surface area contributed by atoms with E-state index in [1.165, 1.54) is 19.2 Å². The highest BCUT2D eigenvalue weighted by Gasteiger charge is 2.13. The number of carbonyl (C=O) groups is 1. The summed E-state index contributed by atoms with van der Waals surface area (Å²) in [5.74, 6) is -0.198. The minimum atomic E-state index is -3.51. The summed E-state index contributed by atoms with van der Waals surface area (Å²) < 4.78 is 25.9. The second kappa shape index (κ2) is 5.79. The van der Waals surface area contributed by atoms with E-state index in [-0.39, 0.29) is 23.8 Å². The molecule has 2 N–H and O–H groups in total. The van der Waals surface area contributed by atoms with Crippen LogP contribution in [0.5, 0.6) is 0 Å². The Morgan fingerprint density at radius 2 is 1.82 bits per heavy atom. The van der Waals surface area contributed by atoms with Gasteiger partial charge in [0.15, 0.2) is 0 Å². The van der Waals surface area contributed by atoms with Crippen molar-refractivity contribution in [1.29, 1.82) is 0 Å². The molecule has 0 atom stereocenters. The number of benzene rings is 1. The third kappa shape index (κ3) is 4.16. The molecule has 0 fully saturated rings. The average molecular weight is 256 g/mol. The van der Waals surface area contributed by atoms with Crippen LogP contribution >= 0.6 is 0 Å². The molecule has 0 heterocycles. The fourth-order valence-corrected chi connectivity index (χ4v) is 2.26. The summed E-state index contributed by atoms with van der Waals surface area (Å²) in [7, 11) is -2.00. The van der Waals surface area contributed by atoms with Crippen molar-refractivity contribution in [2.75, 3.05) is 13.6 Å². The summed E-state index contributed by atoms with van der Waals surface area (Å²) in [5.41, 5.74) is 0.995. The molecule has 1 rings (SSSR count). The van der Waals surface area contributed by atoms with E-state index in [9.17, 15) is 13.2 Å². The second-order valence-corrected chi connectivity index (χ2v) is 5.40. The van der Waals surface area contributed by atoms with Gasteiger partial charge in [-0.15, -0.1) is 0 Å². The molecule has 5 nitrogen and oxygen atoms in total. The zero-order valence-corrected chi connectivity index (χ0v) is 10.7. The molecular weight excluding hydrogens is 240 g/mol. The molecule has 94 valence electrons. The molecule has 6 heteroatoms. The first kappa shape index (κ1) is 13.7. The molecule has 0 aliphatic rings. The van der Waals surface area contributed by atoms with Crippen LogP contribution < -0.4 is 10.0 Å². The van der Waals surface area contributed by atoms with E-state index >= 15 is 0 Å². The SMILES string of the molecule is CNC(=O)CCNS(=O)(=O)c1ccc(C)cc1. The lowest BCUT2D eigenvalue weighted by Gasteiger charge is -2.06. The summed E-state index contributed by atoms with van der Waals surface area (Å²) in [5, 5.41) is 2.42. The van der Waals surface area contributed by atoms with Crippen LogP contribution in [-0.4, -0.2) is 27.9 Å². The Morgan fingerprint density at radius 3 is 2.35 bits per heavy atom. The van der Waals surface area contributed by atoms with Crippen LogP contribution in [0.25, 0.3) is 0 Å². The van der Waals surface area contributed by atoms with Crippen molar-refractivity contribution in [2.24, 2.45) is 0 Å². The Balaban J connectivity index is 2.63. The summed E-state index contributed by atoms with van der Waals surface area (Å²) in [6.45, 7) is 1.98. The number of hydrogen-bond donors (Lipinski definition) is 2. The fraction of sp³-hybridized carbons (Fsp3) is 0.364. The van der Waals surface area contributed by atoms with Crippen molar-refractivity contribution >= 4 is 15.9 Å². The molecule has 17 heavy (non-hydrogen) atoms. The Hall–Kier alpha value is -1.40. The number of amides is 1. The van der Waals surface area contributed by atoms with Gasteiger partial charge >= 0.3 is 0 Å². The van der Waals surface area contributed by atoms with Crippen molar-refractivity contribution < 1.29 is 13.2 Å². The maximum Gasteiger partial charge on any atom is 0.240 e. The molecule has 0 saturated carbocycles. The van der Waals surface area contributed by atoms with Crippen LogP contribution in [0, 0.1) is 6.92 Å². The van der Waals surface area contributed by atoms with Crippen molar-refractivity contribution in [3.63, 3.8) is 0 Å². The maximum atomic E-state index is 11.8. The first-order valence-electron chi connectivity index (χ1n) is 5.22. The zero-order chi connectivity index (χ0) is 12.9. The Bertz CT molecular complexity index is 480. The fourth-order valence-electron chi connectivity index (χ4n) is 1.22. The van der Waals surface area contributed by atoms with Gasteiger partial charge in [0, 0.05) is 20.0 Å². The van der Waals surface area contributed by atoms with Crippen molar-refractivity contribution in [3.8, 4) is 0 Å². The molecule has 0 aromatic heterocycles. The Labute approximate surface area is 101 Å². The number of sulfonamides is 1. The number of carbonyl (C=O) groups excluding carboxylic acids is 1. The first-order chi connectivity index (χ1) is 7.95. The third-order valence-electron chi connectivity index (χ3n) is 2.25. The lowest BCUT2D eigenvalue weighted by Crippen LogP contribution is -2.29. The quantitative estimate of drug-likeness (QED) is 0.801. The van der Waals surface area contributed by atoms with Crippen LogP contribution in [0.3, 0.4) is 0 Å². The molecule has 1 aromatic carbocycles. The summed E-state index contributed by atoms with van der Waals surface area (Å²) >= 11 is 0. The zero-order valence-electron chi connectivity index (χ0n) is 9.86. The Kier molecular flexibility index (Phi) is 4.65. The predicted octanol–water partition coefficient (Wildman–Crippen LogP) is 0.409. The van der Waals surface area contributed by atoms with Crippen molar-refractivity contribution in [3.05, 3.63) is 29.8 Å². The summed E-state index contributed by atoms with van der Waals surface area (Å²) in [6.07, 6.45) is 0.127. The molecular formula is C11H16N2O3S. The number of aryl methyl sites for hydroxylation is 1. The van der Waals surface area contributed by atoms with Gasteiger partial charge in [0.05, 0.1) is 4.90 Å². The minimum Gasteiger partial charge on any atom is -0.359 e. The molecule has 0 saturated heterocycles. The average Bonchev–Trinajstić information content (AvgIpc) is 2.29. The highest BCUT2D eigenvalue weighted by atomic mass is 32.2. The molecule has 1 amide bonds. The van der Waals surface area contributed by atoms with E-state index in [1.54, 1.807) is 12.1 Å². The highest BCUT2D eigenvalue weighted by Crippen LogP contribution is 2.09. The van der Waals surface area contributed by atoms with Crippen LogP contribution in [0.2, 0.25) is 0 Å². The molecule has 0 unspecified atom stereocenters. The summed E-state index contributed by atoms with van der Waals surface area (Å²) in [4.78, 5) is 11.1. The van der Waals surface area contributed by atoms with Crippen LogP contribution in [0.15, 0.2) is 29.2 Å². The molecule has 0 aliphatic carbocycles. The lowest BCUT2D eigenvalue weighted by atomic mass is 10.2. The van der Waals surface area contributed by atoms with Crippen molar-refractivity contribution in [2.45, 2.75) is 18.2 Å². The minimum absolute atomic E-state index is 0.0931. The summed E-state index contributed by atoms with van der Waals surface area (Å²) in [6, 6.07) is 6.54. The van der Waals surface area contributed by atoms with Crippen LogP contribution in [0.1, 0.15) is 12.0 Å². The van der Waals surface area contributed by atoms with Crippen LogP contribution in [0.4, 0.5) is 0 Å². The molecule has 0 radical (unpaired) electrons. The van der Waals surface area contributed by atoms with Gasteiger partial charge in [-0.3, -0.25) is 4.79 Å². The topological polar surface area (TPSA) is 75.3 Å². The normalized spacial score (nSPS) is 11.2. The van der Waals surface area contributed by atoms with Gasteiger partial charge in [-0.05, 0) is 19.1 Å². The van der Waals surface area contributed by atoms with Gasteiger partial charge in [-0.1, -0.05) is 17.7 Å². The largest absolute Gasteiger partial charge is 0.359 e. The van der Waals surface area contributed by atoms with E-state index in [2.05, 4.69) is 10.0 Å². The molecule has 0 spiro atoms. The molecule has 0 aliphatic heterocycles. The van der Waals surface area contributed by atoms with E-state index in [0.29, 0.717) is 0 Å². The van der Waals surface area contributed by atoms with Gasteiger partial charge in [0.25, 0.3) is 0 Å². The highest BCUT2D eigenvalue weighted by molar-refractivity contribution is 7.89. The van der Waals surface area contributed by atoms with Crippen molar-refractivity contribution in [1.82, 2.24) is 10.0 Å². The second-order valence-electron chi connectivity index (χ2n) is 3.63. The van der Waals surface area contributed by atoms with Gasteiger partial charge in [0.2, 0.25) is 15.9 Å². The van der Waals surface area contributed by atoms with Gasteiger partial charge < -0.3 is 5.32 Å². The standard InChI is InChI=1S/C11H16N2O3S/c1-9-3-5-10(6-4-9)17(15,16)13-8-7-11(14)12-2/h3-6,13H,7-8H2,1-2H3,(H,12,14). The molecule has 1 aromatic rings. The Morgan fingerprint density at radius 1 is 1.24 bits per heavy atom. The number of rotatable bonds is 5. The lowest BCUT2D eigenvalue weighted by molar-refractivity contribution is -0.120. The van der Waals surface area contributed by atoms with E-state index in [4.69, 9.17) is 0 Å². The van der Waals surface area contributed by atoms with E-state index < -0.39 is 10.0 Å². The third-order valence-corrected chi connectivity index (χ3v) is 3.73. The van der Waals surface area contributed by atoms with E-state index in [0.717, 1.165) is 5.56 Å². The number of nitrogens with one attached hydrogen (secondary N) is 2. The first-order valence-corrected chi connectivity index (χ1v) is 6.71.